The standard InChI is InChI=1S/C20H27BrO2.C20H26O2/c1-3-19-8-9-20(22-10-11-23-20)13-15(19)5-7-18(21)16-12-14(2)4-6-17(16)19;1-3-19-9-10-20(21-11-12-22-20)14-17(19)6-4-5-16-13-15(2)7-8-18(16)19/h4,6,12,15,18H,3,5,7-11,13H2,1-2H3;4-5,7-8,13,17H,3,6,9-12,14H2,1-2H3/t15-,18?,19+;17-,19+/m00/s1. The molecule has 0 N–H and O–H groups in total. The van der Waals surface area contributed by atoms with Gasteiger partial charge in [0.2, 0.25) is 0 Å². The van der Waals surface area contributed by atoms with E-state index in [4.69, 9.17) is 18.9 Å². The number of allylic oxidation sites excluding steroid dienone is 1. The average molecular weight is 678 g/mol. The van der Waals surface area contributed by atoms with Crippen molar-refractivity contribution < 1.29 is 18.9 Å². The second-order valence-corrected chi connectivity index (χ2v) is 16.0. The van der Waals surface area contributed by atoms with Gasteiger partial charge < -0.3 is 18.9 Å². The summed E-state index contributed by atoms with van der Waals surface area (Å²) in [5.41, 5.74) is 9.39. The van der Waals surface area contributed by atoms with Gasteiger partial charge in [-0.15, -0.1) is 0 Å². The van der Waals surface area contributed by atoms with Crippen LogP contribution in [0, 0.1) is 25.7 Å². The van der Waals surface area contributed by atoms with Gasteiger partial charge in [-0.1, -0.05) is 89.5 Å². The highest BCUT2D eigenvalue weighted by atomic mass is 79.9. The predicted molar refractivity (Wildman–Crippen MR) is 185 cm³/mol. The smallest absolute Gasteiger partial charge is 0.168 e. The molecule has 4 nitrogen and oxygen atoms in total. The van der Waals surface area contributed by atoms with Crippen LogP contribution >= 0.6 is 15.9 Å². The van der Waals surface area contributed by atoms with Crippen LogP contribution in [0.25, 0.3) is 6.08 Å². The normalized spacial score (nSPS) is 34.1. The van der Waals surface area contributed by atoms with Gasteiger partial charge in [0.15, 0.2) is 11.6 Å². The van der Waals surface area contributed by atoms with Gasteiger partial charge in [-0.25, -0.2) is 0 Å². The van der Waals surface area contributed by atoms with Gasteiger partial charge in [0.1, 0.15) is 0 Å². The highest BCUT2D eigenvalue weighted by molar-refractivity contribution is 9.09. The molecule has 2 spiro atoms. The molecule has 2 aromatic rings. The molecule has 8 rings (SSSR count). The quantitative estimate of drug-likeness (QED) is 0.297. The van der Waals surface area contributed by atoms with Gasteiger partial charge in [-0.2, -0.15) is 0 Å². The van der Waals surface area contributed by atoms with Crippen LogP contribution in [0.1, 0.15) is 123 Å². The van der Waals surface area contributed by atoms with Crippen LogP contribution in [0.4, 0.5) is 0 Å². The van der Waals surface area contributed by atoms with E-state index < -0.39 is 0 Å². The lowest BCUT2D eigenvalue weighted by atomic mass is 9.58. The van der Waals surface area contributed by atoms with Crippen molar-refractivity contribution in [3.63, 3.8) is 0 Å². The van der Waals surface area contributed by atoms with Crippen LogP contribution in [-0.4, -0.2) is 38.0 Å². The van der Waals surface area contributed by atoms with Gasteiger partial charge in [0, 0.05) is 30.5 Å². The van der Waals surface area contributed by atoms with Crippen molar-refractivity contribution in [2.45, 2.75) is 126 Å². The Morgan fingerprint density at radius 3 is 1.87 bits per heavy atom. The Labute approximate surface area is 279 Å². The number of aryl methyl sites for hydroxylation is 2. The molecule has 5 atom stereocenters. The Morgan fingerprint density at radius 1 is 0.689 bits per heavy atom. The second kappa shape index (κ2) is 12.5. The number of hydrogen-bond donors (Lipinski definition) is 0. The van der Waals surface area contributed by atoms with Gasteiger partial charge >= 0.3 is 0 Å². The van der Waals surface area contributed by atoms with Crippen LogP contribution < -0.4 is 0 Å². The molecule has 0 radical (unpaired) electrons. The number of alkyl halides is 1. The summed E-state index contributed by atoms with van der Waals surface area (Å²) in [5, 5.41) is 0. The first-order valence-corrected chi connectivity index (χ1v) is 18.8. The number of fused-ring (bicyclic) bond motifs is 6. The van der Waals surface area contributed by atoms with Gasteiger partial charge in [-0.05, 0) is 104 Å². The maximum Gasteiger partial charge on any atom is 0.168 e. The van der Waals surface area contributed by atoms with Crippen LogP contribution in [0.5, 0.6) is 0 Å². The fourth-order valence-corrected chi connectivity index (χ4v) is 11.0. The highest BCUT2D eigenvalue weighted by Crippen LogP contribution is 2.58. The minimum absolute atomic E-state index is 0.277. The third-order valence-corrected chi connectivity index (χ3v) is 13.7. The molecule has 2 saturated carbocycles. The van der Waals surface area contributed by atoms with Crippen molar-refractivity contribution in [3.8, 4) is 0 Å². The van der Waals surface area contributed by atoms with E-state index in [0.29, 0.717) is 22.1 Å². The molecule has 244 valence electrons. The Hall–Kier alpha value is -1.50. The maximum absolute atomic E-state index is 6.06. The number of benzene rings is 2. The first-order chi connectivity index (χ1) is 21.8. The van der Waals surface area contributed by atoms with Crippen molar-refractivity contribution in [3.05, 3.63) is 75.9 Å². The summed E-state index contributed by atoms with van der Waals surface area (Å²) in [6.07, 6.45) is 17.2. The summed E-state index contributed by atoms with van der Waals surface area (Å²) in [6.45, 7) is 12.2. The van der Waals surface area contributed by atoms with E-state index in [0.717, 1.165) is 58.5 Å². The fraction of sp³-hybridized carbons (Fsp3) is 0.650. The first kappa shape index (κ1) is 32.1. The Kier molecular flexibility index (Phi) is 8.91. The fourth-order valence-electron chi connectivity index (χ4n) is 10.3. The lowest BCUT2D eigenvalue weighted by Crippen LogP contribution is -2.48. The van der Waals surface area contributed by atoms with Crippen molar-refractivity contribution in [1.82, 2.24) is 0 Å². The third kappa shape index (κ3) is 5.61. The van der Waals surface area contributed by atoms with Crippen molar-refractivity contribution in [1.29, 1.82) is 0 Å². The molecule has 45 heavy (non-hydrogen) atoms. The zero-order valence-electron chi connectivity index (χ0n) is 28.0. The maximum atomic E-state index is 6.06. The van der Waals surface area contributed by atoms with E-state index in [1.165, 1.54) is 60.8 Å². The third-order valence-electron chi connectivity index (χ3n) is 12.8. The van der Waals surface area contributed by atoms with E-state index in [-0.39, 0.29) is 17.0 Å². The number of hydrogen-bond acceptors (Lipinski definition) is 4. The molecule has 0 bridgehead atoms. The largest absolute Gasteiger partial charge is 0.348 e. The zero-order valence-corrected chi connectivity index (χ0v) is 29.6. The van der Waals surface area contributed by atoms with E-state index in [9.17, 15) is 0 Å². The van der Waals surface area contributed by atoms with E-state index in [1.807, 2.05) is 0 Å². The molecule has 6 aliphatic rings. The van der Waals surface area contributed by atoms with Crippen molar-refractivity contribution >= 4 is 22.0 Å². The molecule has 2 aliphatic heterocycles. The van der Waals surface area contributed by atoms with Crippen molar-refractivity contribution in [2.24, 2.45) is 11.8 Å². The number of ether oxygens (including phenoxy) is 4. The zero-order chi connectivity index (χ0) is 31.3. The monoisotopic (exact) mass is 676 g/mol. The van der Waals surface area contributed by atoms with Crippen LogP contribution in [0.15, 0.2) is 42.5 Å². The van der Waals surface area contributed by atoms with E-state index in [2.05, 4.69) is 92.2 Å². The highest BCUT2D eigenvalue weighted by Gasteiger charge is 2.54. The Bertz CT molecular complexity index is 1400. The molecule has 4 fully saturated rings. The molecule has 4 aliphatic carbocycles. The summed E-state index contributed by atoms with van der Waals surface area (Å²) in [6, 6.07) is 14.1. The van der Waals surface area contributed by atoms with Gasteiger partial charge in [0.25, 0.3) is 0 Å². The molecule has 2 heterocycles. The molecular formula is C40H53BrO4. The lowest BCUT2D eigenvalue weighted by Gasteiger charge is -2.49. The van der Waals surface area contributed by atoms with Crippen LogP contribution in [0.2, 0.25) is 0 Å². The van der Waals surface area contributed by atoms with Gasteiger partial charge in [-0.3, -0.25) is 0 Å². The lowest BCUT2D eigenvalue weighted by molar-refractivity contribution is -0.199. The van der Waals surface area contributed by atoms with Crippen LogP contribution in [0.3, 0.4) is 0 Å². The molecule has 2 saturated heterocycles. The minimum Gasteiger partial charge on any atom is -0.348 e. The molecule has 0 amide bonds. The SMILES string of the molecule is CC[C@@]12CCC3(C[C@@H]1CC=Cc1cc(C)ccc12)OCCO3.CC[C@@]12CCC3(C[C@@H]1CCC(Br)c1cc(C)ccc12)OCCO3. The van der Waals surface area contributed by atoms with E-state index >= 15 is 0 Å². The second-order valence-electron chi connectivity index (χ2n) is 14.9. The number of halogens is 1. The van der Waals surface area contributed by atoms with Gasteiger partial charge in [0.05, 0.1) is 26.4 Å². The molecule has 5 heteroatoms. The molecule has 2 aromatic carbocycles. The molecule has 1 unspecified atom stereocenters. The number of rotatable bonds is 2. The summed E-state index contributed by atoms with van der Waals surface area (Å²) >= 11 is 3.97. The minimum atomic E-state index is -0.285. The topological polar surface area (TPSA) is 36.9 Å². The predicted octanol–water partition coefficient (Wildman–Crippen LogP) is 10.0. The average Bonchev–Trinajstić information content (AvgIpc) is 3.65. The van der Waals surface area contributed by atoms with Crippen molar-refractivity contribution in [2.75, 3.05) is 26.4 Å². The molecular weight excluding hydrogens is 624 g/mol. The first-order valence-electron chi connectivity index (χ1n) is 17.8. The summed E-state index contributed by atoms with van der Waals surface area (Å²) in [4.78, 5) is 0.479. The summed E-state index contributed by atoms with van der Waals surface area (Å²) in [5.74, 6) is 0.708. The molecule has 0 aromatic heterocycles. The summed E-state index contributed by atoms with van der Waals surface area (Å²) in [7, 11) is 0. The summed E-state index contributed by atoms with van der Waals surface area (Å²) < 4.78 is 24.2. The van der Waals surface area contributed by atoms with E-state index in [1.54, 1.807) is 11.1 Å². The Morgan fingerprint density at radius 2 is 1.24 bits per heavy atom. The Balaban J connectivity index is 0.000000145. The van der Waals surface area contributed by atoms with Crippen LogP contribution in [-0.2, 0) is 29.8 Å².